The molecule has 0 heterocycles. The van der Waals surface area contributed by atoms with Crippen molar-refractivity contribution in [1.82, 2.24) is 0 Å². The van der Waals surface area contributed by atoms with Gasteiger partial charge in [-0.25, -0.2) is 19.2 Å². The molecule has 0 aliphatic rings. The average Bonchev–Trinajstić information content (AvgIpc) is 2.77. The molecule has 0 aliphatic carbocycles. The van der Waals surface area contributed by atoms with Gasteiger partial charge in [0.15, 0.2) is 23.0 Å². The number of carbonyl (C=O) groups is 4. The largest absolute Gasteiger partial charge is 0.493 e. The molecule has 0 spiro atoms. The number of hydrogen-bond acceptors (Lipinski definition) is 9. The van der Waals surface area contributed by atoms with Crippen LogP contribution in [0.2, 0.25) is 0 Å². The molecule has 2 amide bonds. The second kappa shape index (κ2) is 10.6. The van der Waals surface area contributed by atoms with Gasteiger partial charge in [-0.2, -0.15) is 0 Å². The first kappa shape index (κ1) is 24.6. The van der Waals surface area contributed by atoms with E-state index in [-0.39, 0.29) is 45.5 Å². The van der Waals surface area contributed by atoms with E-state index in [0.29, 0.717) is 0 Å². The van der Waals surface area contributed by atoms with Gasteiger partial charge in [0.05, 0.1) is 50.9 Å². The molecule has 0 atom stereocenters. The lowest BCUT2D eigenvalue weighted by Gasteiger charge is -2.15. The van der Waals surface area contributed by atoms with Crippen LogP contribution in [0.4, 0.5) is 21.0 Å². The number of methoxy groups -OCH3 is 4. The highest BCUT2D eigenvalue weighted by Crippen LogP contribution is 2.36. The van der Waals surface area contributed by atoms with E-state index in [0.717, 1.165) is 12.1 Å². The zero-order chi connectivity index (χ0) is 24.7. The maximum Gasteiger partial charge on any atom is 0.409 e. The number of ether oxygens (including phenoxy) is 5. The van der Waals surface area contributed by atoms with Gasteiger partial charge in [0.25, 0.3) is 0 Å². The zero-order valence-electron chi connectivity index (χ0n) is 17.9. The van der Waals surface area contributed by atoms with E-state index in [4.69, 9.17) is 33.9 Å². The van der Waals surface area contributed by atoms with Crippen LogP contribution < -0.4 is 29.6 Å². The third kappa shape index (κ3) is 5.72. The zero-order valence-corrected chi connectivity index (χ0v) is 17.9. The summed E-state index contributed by atoms with van der Waals surface area (Å²) in [5.74, 6) is -2.16. The smallest absolute Gasteiger partial charge is 0.409 e. The number of carbonyl (C=O) groups excluding carboxylic acids is 2. The summed E-state index contributed by atoms with van der Waals surface area (Å²) in [6.45, 7) is 0. The van der Waals surface area contributed by atoms with Crippen molar-refractivity contribution in [2.24, 2.45) is 0 Å². The summed E-state index contributed by atoms with van der Waals surface area (Å²) >= 11 is 0. The van der Waals surface area contributed by atoms with E-state index in [1.54, 1.807) is 0 Å². The Morgan fingerprint density at radius 3 is 1.18 bits per heavy atom. The summed E-state index contributed by atoms with van der Waals surface area (Å²) in [7, 11) is 5.18. The molecule has 13 heteroatoms. The molecule has 0 bridgehead atoms. The molecule has 0 saturated carbocycles. The van der Waals surface area contributed by atoms with E-state index in [1.807, 2.05) is 10.6 Å². The number of benzene rings is 2. The normalized spacial score (nSPS) is 9.94. The standard InChI is InChI=1S/C20H20N2O11/c1-29-13-5-9(11(21-19(25)26)7-15(13)31-3)17(23)33-18(24)10-6-14(30-2)16(32-4)8-12(10)22-20(27)28/h5-8,21-22H,1-4H3,(H,25,26)(H,27,28). The minimum absolute atomic E-state index is 0.0622. The predicted molar refractivity (Wildman–Crippen MR) is 112 cm³/mol. The molecule has 0 unspecified atom stereocenters. The molecule has 0 saturated heterocycles. The van der Waals surface area contributed by atoms with Crippen LogP contribution in [-0.4, -0.2) is 62.8 Å². The summed E-state index contributed by atoms with van der Waals surface area (Å²) < 4.78 is 25.2. The Morgan fingerprint density at radius 2 is 0.909 bits per heavy atom. The van der Waals surface area contributed by atoms with Crippen molar-refractivity contribution in [3.63, 3.8) is 0 Å². The van der Waals surface area contributed by atoms with Gasteiger partial charge in [-0.3, -0.25) is 10.6 Å². The van der Waals surface area contributed by atoms with Gasteiger partial charge in [0.2, 0.25) is 0 Å². The van der Waals surface area contributed by atoms with Gasteiger partial charge in [0, 0.05) is 24.3 Å². The van der Waals surface area contributed by atoms with Crippen molar-refractivity contribution in [2.45, 2.75) is 0 Å². The molecule has 0 aromatic heterocycles. The summed E-state index contributed by atoms with van der Waals surface area (Å²) in [5.41, 5.74) is -1.21. The van der Waals surface area contributed by atoms with Gasteiger partial charge >= 0.3 is 24.1 Å². The summed E-state index contributed by atoms with van der Waals surface area (Å²) in [5, 5.41) is 22.1. The first-order chi connectivity index (χ1) is 15.6. The average molecular weight is 464 g/mol. The van der Waals surface area contributed by atoms with Crippen molar-refractivity contribution in [1.29, 1.82) is 0 Å². The lowest BCUT2D eigenvalue weighted by atomic mass is 10.1. The third-order valence-corrected chi connectivity index (χ3v) is 4.16. The van der Waals surface area contributed by atoms with Crippen LogP contribution in [0.1, 0.15) is 20.7 Å². The number of rotatable bonds is 8. The highest BCUT2D eigenvalue weighted by molar-refractivity contribution is 6.09. The molecule has 2 rings (SSSR count). The first-order valence-electron chi connectivity index (χ1n) is 8.93. The molecular weight excluding hydrogens is 444 g/mol. The van der Waals surface area contributed by atoms with Crippen molar-refractivity contribution >= 4 is 35.5 Å². The molecule has 2 aromatic carbocycles. The van der Waals surface area contributed by atoms with E-state index in [1.165, 1.54) is 40.6 Å². The molecule has 0 fully saturated rings. The lowest BCUT2D eigenvalue weighted by Crippen LogP contribution is -2.19. The molecular formula is C20H20N2O11. The van der Waals surface area contributed by atoms with Crippen LogP contribution in [0.5, 0.6) is 23.0 Å². The minimum atomic E-state index is -1.49. The molecule has 0 aliphatic heterocycles. The van der Waals surface area contributed by atoms with Crippen molar-refractivity contribution in [3.05, 3.63) is 35.4 Å². The fourth-order valence-electron chi connectivity index (χ4n) is 2.73. The third-order valence-electron chi connectivity index (χ3n) is 4.16. The van der Waals surface area contributed by atoms with Crippen LogP contribution in [0.3, 0.4) is 0 Å². The SMILES string of the molecule is COc1cc(NC(=O)O)c(C(=O)OC(=O)c2cc(OC)c(OC)cc2NC(=O)O)cc1OC. The van der Waals surface area contributed by atoms with E-state index >= 15 is 0 Å². The molecule has 13 nitrogen and oxygen atoms in total. The predicted octanol–water partition coefficient (Wildman–Crippen LogP) is 2.90. The number of anilines is 2. The van der Waals surface area contributed by atoms with Crippen LogP contribution in [0, 0.1) is 0 Å². The van der Waals surface area contributed by atoms with Crippen LogP contribution in [0.15, 0.2) is 24.3 Å². The number of hydrogen-bond donors (Lipinski definition) is 4. The Labute approximate surface area is 186 Å². The molecule has 2 aromatic rings. The van der Waals surface area contributed by atoms with Gasteiger partial charge in [0.1, 0.15) is 0 Å². The first-order valence-corrected chi connectivity index (χ1v) is 8.93. The van der Waals surface area contributed by atoms with Crippen molar-refractivity contribution in [2.75, 3.05) is 39.1 Å². The summed E-state index contributed by atoms with van der Waals surface area (Å²) in [4.78, 5) is 47.7. The maximum absolute atomic E-state index is 12.7. The van der Waals surface area contributed by atoms with Crippen LogP contribution >= 0.6 is 0 Å². The Bertz CT molecular complexity index is 1010. The number of amides is 2. The van der Waals surface area contributed by atoms with Gasteiger partial charge in [-0.1, -0.05) is 0 Å². The van der Waals surface area contributed by atoms with E-state index < -0.39 is 24.1 Å². The second-order valence-corrected chi connectivity index (χ2v) is 6.04. The Morgan fingerprint density at radius 1 is 0.606 bits per heavy atom. The fourth-order valence-corrected chi connectivity index (χ4v) is 2.73. The quantitative estimate of drug-likeness (QED) is 0.333. The fraction of sp³-hybridized carbons (Fsp3) is 0.200. The highest BCUT2D eigenvalue weighted by Gasteiger charge is 2.25. The topological polar surface area (TPSA) is 179 Å². The minimum Gasteiger partial charge on any atom is -0.493 e. The van der Waals surface area contributed by atoms with Crippen LogP contribution in [0.25, 0.3) is 0 Å². The molecule has 176 valence electrons. The summed E-state index contributed by atoms with van der Waals surface area (Å²) in [6.07, 6.45) is -2.98. The Kier molecular flexibility index (Phi) is 7.87. The Hall–Kier alpha value is -4.68. The van der Waals surface area contributed by atoms with Crippen LogP contribution in [-0.2, 0) is 4.74 Å². The maximum atomic E-state index is 12.7. The summed E-state index contributed by atoms with van der Waals surface area (Å²) in [6, 6.07) is 4.57. The highest BCUT2D eigenvalue weighted by atomic mass is 16.6. The number of carboxylic acid groups (broad SMARTS) is 2. The number of esters is 2. The Balaban J connectivity index is 2.49. The lowest BCUT2D eigenvalue weighted by molar-refractivity contribution is 0.0399. The van der Waals surface area contributed by atoms with E-state index in [2.05, 4.69) is 0 Å². The van der Waals surface area contributed by atoms with Gasteiger partial charge in [-0.15, -0.1) is 0 Å². The van der Waals surface area contributed by atoms with E-state index in [9.17, 15) is 19.2 Å². The van der Waals surface area contributed by atoms with Crippen molar-refractivity contribution < 1.29 is 53.1 Å². The molecule has 33 heavy (non-hydrogen) atoms. The monoisotopic (exact) mass is 464 g/mol. The number of nitrogens with one attached hydrogen (secondary N) is 2. The molecule has 4 N–H and O–H groups in total. The van der Waals surface area contributed by atoms with Crippen molar-refractivity contribution in [3.8, 4) is 23.0 Å². The van der Waals surface area contributed by atoms with Gasteiger partial charge < -0.3 is 33.9 Å². The molecule has 0 radical (unpaired) electrons. The van der Waals surface area contributed by atoms with Gasteiger partial charge in [-0.05, 0) is 0 Å². The second-order valence-electron chi connectivity index (χ2n) is 6.04.